The molecule has 2 aromatic heterocycles. The number of rotatable bonds is 8. The van der Waals surface area contributed by atoms with Crippen molar-refractivity contribution in [1.82, 2.24) is 25.2 Å². The topological polar surface area (TPSA) is 146 Å². The summed E-state index contributed by atoms with van der Waals surface area (Å²) in [6.45, 7) is 3.62. The van der Waals surface area contributed by atoms with Gasteiger partial charge in [-0.05, 0) is 54.3 Å². The molecule has 2 aromatic carbocycles. The van der Waals surface area contributed by atoms with Crippen molar-refractivity contribution in [2.45, 2.75) is 33.1 Å². The van der Waals surface area contributed by atoms with Gasteiger partial charge in [-0.2, -0.15) is 5.21 Å². The van der Waals surface area contributed by atoms with E-state index in [2.05, 4.69) is 20.6 Å². The van der Waals surface area contributed by atoms with Crippen LogP contribution in [0.3, 0.4) is 0 Å². The van der Waals surface area contributed by atoms with Crippen molar-refractivity contribution in [2.75, 3.05) is 7.11 Å². The van der Waals surface area contributed by atoms with Gasteiger partial charge in [0.2, 0.25) is 11.7 Å². The van der Waals surface area contributed by atoms with Crippen molar-refractivity contribution in [1.29, 1.82) is 0 Å². The number of benzene rings is 2. The molecule has 1 radical (unpaired) electrons. The number of aromatic nitrogens is 5. The van der Waals surface area contributed by atoms with Gasteiger partial charge in [0, 0.05) is 79.5 Å². The molecule has 37 heavy (non-hydrogen) atoms. The Balaban J connectivity index is 0.00000380. The van der Waals surface area contributed by atoms with Gasteiger partial charge in [-0.25, -0.2) is 4.79 Å². The molecule has 0 fully saturated rings. The van der Waals surface area contributed by atoms with Crippen LogP contribution in [0.1, 0.15) is 51.7 Å². The molecule has 11 heteroatoms. The number of aromatic amines is 1. The van der Waals surface area contributed by atoms with Crippen molar-refractivity contribution in [3.63, 3.8) is 0 Å². The van der Waals surface area contributed by atoms with Gasteiger partial charge in [0.25, 0.3) is 5.56 Å². The molecule has 0 unspecified atom stereocenters. The van der Waals surface area contributed by atoms with Gasteiger partial charge >= 0.3 is 5.97 Å². The van der Waals surface area contributed by atoms with Gasteiger partial charge in [-0.1, -0.05) is 43.7 Å². The Morgan fingerprint density at radius 3 is 2.41 bits per heavy atom. The predicted molar refractivity (Wildman–Crippen MR) is 140 cm³/mol. The van der Waals surface area contributed by atoms with Gasteiger partial charge in [-0.15, -0.1) is 10.2 Å². The summed E-state index contributed by atoms with van der Waals surface area (Å²) in [7, 11) is 1.28. The average Bonchev–Trinajstić information content (AvgIpc) is 3.43. The minimum atomic E-state index is -0.652. The maximum atomic E-state index is 13.5. The summed E-state index contributed by atoms with van der Waals surface area (Å²) in [4.78, 5) is 38.3. The number of tetrazole rings is 1. The van der Waals surface area contributed by atoms with E-state index in [1.165, 1.54) is 11.7 Å². The van der Waals surface area contributed by atoms with Crippen LogP contribution in [0.5, 0.6) is 0 Å². The molecule has 0 atom stereocenters. The van der Waals surface area contributed by atoms with Crippen molar-refractivity contribution in [3.05, 3.63) is 81.3 Å². The average molecular weight is 526 g/mol. The van der Waals surface area contributed by atoms with Gasteiger partial charge in [0.05, 0.1) is 12.7 Å². The van der Waals surface area contributed by atoms with E-state index in [1.54, 1.807) is 31.2 Å². The number of nitrogens with one attached hydrogen (secondary N) is 1. The molecule has 185 valence electrons. The molecule has 10 nitrogen and oxygen atoms in total. The number of aryl methyl sites for hydroxylation is 1. The van der Waals surface area contributed by atoms with Crippen LogP contribution >= 0.6 is 0 Å². The van der Waals surface area contributed by atoms with Crippen molar-refractivity contribution in [2.24, 2.45) is 5.73 Å². The Bertz CT molecular complexity index is 1500. The second kappa shape index (κ2) is 12.5. The van der Waals surface area contributed by atoms with Crippen molar-refractivity contribution in [3.8, 4) is 28.2 Å². The summed E-state index contributed by atoms with van der Waals surface area (Å²) in [6.07, 6.45) is 2.26. The molecule has 4 rings (SSSR count). The van der Waals surface area contributed by atoms with Crippen LogP contribution in [0.2, 0.25) is 0 Å². The summed E-state index contributed by atoms with van der Waals surface area (Å²) in [5.74, 6) is -0.848. The second-order valence-corrected chi connectivity index (χ2v) is 8.29. The Morgan fingerprint density at radius 1 is 1.05 bits per heavy atom. The molecule has 1 amide bonds. The number of nitrogens with zero attached hydrogens (tertiary/aromatic N) is 4. The third-order valence-electron chi connectivity index (χ3n) is 6.05. The van der Waals surface area contributed by atoms with Crippen LogP contribution in [0.25, 0.3) is 28.2 Å². The summed E-state index contributed by atoms with van der Waals surface area (Å²) >= 11 is 0. The van der Waals surface area contributed by atoms with Crippen molar-refractivity contribution < 1.29 is 14.3 Å². The number of pyridine rings is 1. The molecule has 0 saturated heterocycles. The number of primary amides is 1. The van der Waals surface area contributed by atoms with Crippen LogP contribution in [-0.4, -0.2) is 95.6 Å². The minimum Gasteiger partial charge on any atom is -0.465 e. The van der Waals surface area contributed by atoms with Crippen molar-refractivity contribution >= 4 is 63.3 Å². The number of unbranched alkanes of at least 4 members (excludes halogenated alkanes) is 1. The van der Waals surface area contributed by atoms with Gasteiger partial charge in [-0.3, -0.25) is 14.2 Å². The van der Waals surface area contributed by atoms with Gasteiger partial charge in [0.1, 0.15) is 0 Å². The third kappa shape index (κ3) is 5.81. The fourth-order valence-electron chi connectivity index (χ4n) is 4.20. The molecule has 0 saturated carbocycles. The standard InChI is InChI=1S/C26H26N6O4.K/c1-4-5-8-16-13-21(26(35)36-3)15(2)25(34)32(16)17-11-12-19(22(14-17)23(27)33)18-9-6-7-10-20(18)24-28-30-31-29-24;/h6-7,9-14H,4-5,8H2,1-3H3,(H2,27,33)(H,28,29,30,31);. The maximum Gasteiger partial charge on any atom is 0.338 e. The first-order valence-electron chi connectivity index (χ1n) is 11.5. The summed E-state index contributed by atoms with van der Waals surface area (Å²) in [5.41, 5.74) is 9.19. The normalized spacial score (nSPS) is 10.6. The number of esters is 1. The van der Waals surface area contributed by atoms with Crippen LogP contribution < -0.4 is 11.3 Å². The summed E-state index contributed by atoms with van der Waals surface area (Å²) in [5, 5.41) is 14.2. The number of hydrogen-bond acceptors (Lipinski definition) is 7. The largest absolute Gasteiger partial charge is 0.465 e. The quantitative estimate of drug-likeness (QED) is 0.266. The first kappa shape index (κ1) is 28.6. The van der Waals surface area contributed by atoms with E-state index in [-0.39, 0.29) is 73.6 Å². The van der Waals surface area contributed by atoms with E-state index in [9.17, 15) is 14.4 Å². The first-order valence-corrected chi connectivity index (χ1v) is 11.5. The van der Waals surface area contributed by atoms with Gasteiger partial charge in [0.15, 0.2) is 0 Å². The number of amides is 1. The fraction of sp³-hybridized carbons (Fsp3) is 0.231. The summed E-state index contributed by atoms with van der Waals surface area (Å²) < 4.78 is 6.40. The SMILES string of the molecule is CCCCc1cc(C(=O)OC)c(C)c(=O)n1-c1ccc(-c2ccccc2-c2nn[nH]n2)c(C(N)=O)c1.[K]. The Labute approximate surface area is 256 Å². The number of carbonyl (C=O) groups is 2. The van der Waals surface area contributed by atoms with Crippen LogP contribution in [0, 0.1) is 6.92 Å². The number of hydrogen-bond donors (Lipinski definition) is 2. The predicted octanol–water partition coefficient (Wildman–Crippen LogP) is 2.84. The molecule has 0 bridgehead atoms. The Hall–Kier alpha value is -2.96. The summed E-state index contributed by atoms with van der Waals surface area (Å²) in [6, 6.07) is 14.1. The number of carbonyl (C=O) groups excluding carboxylic acids is 2. The molecule has 0 aliphatic heterocycles. The molecule has 0 spiro atoms. The molecule has 4 aromatic rings. The molecule has 0 aliphatic rings. The van der Waals surface area contributed by atoms with E-state index in [1.807, 2.05) is 31.2 Å². The second-order valence-electron chi connectivity index (χ2n) is 8.29. The molecular formula is C26H26KN6O4. The fourth-order valence-corrected chi connectivity index (χ4v) is 4.20. The molecule has 2 heterocycles. The third-order valence-corrected chi connectivity index (χ3v) is 6.05. The minimum absolute atomic E-state index is 0. The monoisotopic (exact) mass is 525 g/mol. The zero-order valence-corrected chi connectivity index (χ0v) is 24.4. The smallest absolute Gasteiger partial charge is 0.338 e. The van der Waals surface area contributed by atoms with Crippen LogP contribution in [0.4, 0.5) is 0 Å². The zero-order valence-electron chi connectivity index (χ0n) is 21.2. The van der Waals surface area contributed by atoms with E-state index in [0.717, 1.165) is 12.8 Å². The zero-order chi connectivity index (χ0) is 25.8. The number of nitrogens with two attached hydrogens (primary N) is 1. The number of H-pyrrole nitrogens is 1. The van der Waals surface area contributed by atoms with Crippen LogP contribution in [-0.2, 0) is 11.2 Å². The first-order chi connectivity index (χ1) is 17.4. The van der Waals surface area contributed by atoms with E-state index in [4.69, 9.17) is 10.5 Å². The maximum absolute atomic E-state index is 13.5. The van der Waals surface area contributed by atoms with E-state index >= 15 is 0 Å². The molecule has 0 aliphatic carbocycles. The van der Waals surface area contributed by atoms with Gasteiger partial charge < -0.3 is 10.5 Å². The van der Waals surface area contributed by atoms with E-state index < -0.39 is 11.9 Å². The number of ether oxygens (including phenoxy) is 1. The Morgan fingerprint density at radius 2 is 1.78 bits per heavy atom. The Kier molecular flexibility index (Phi) is 9.68. The molecular weight excluding hydrogens is 499 g/mol. The number of methoxy groups -OCH3 is 1. The molecule has 3 N–H and O–H groups in total. The van der Waals surface area contributed by atoms with Crippen LogP contribution in [0.15, 0.2) is 53.3 Å². The van der Waals surface area contributed by atoms with E-state index in [0.29, 0.717) is 40.3 Å².